The second-order valence-corrected chi connectivity index (χ2v) is 5.88. The zero-order valence-electron chi connectivity index (χ0n) is 14.4. The smallest absolute Gasteiger partial charge is 0.406 e. The molecule has 9 heteroatoms. The molecular formula is C19H14F3N5O. The molecule has 1 aromatic carbocycles. The number of aromatic nitrogens is 4. The Morgan fingerprint density at radius 2 is 1.79 bits per heavy atom. The third kappa shape index (κ3) is 4.03. The van der Waals surface area contributed by atoms with Gasteiger partial charge in [-0.2, -0.15) is 0 Å². The number of anilines is 1. The average Bonchev–Trinajstić information content (AvgIpc) is 3.10. The SMILES string of the molecule is FC(F)(F)Oc1ccc(-c2cnc3ccc(NCc4ccccn4)nn23)cc1. The molecule has 0 aliphatic heterocycles. The fraction of sp³-hybridized carbons (Fsp3) is 0.105. The number of rotatable bonds is 5. The van der Waals surface area contributed by atoms with Gasteiger partial charge in [-0.15, -0.1) is 18.3 Å². The van der Waals surface area contributed by atoms with Gasteiger partial charge >= 0.3 is 6.36 Å². The van der Waals surface area contributed by atoms with Crippen LogP contribution in [-0.2, 0) is 6.54 Å². The van der Waals surface area contributed by atoms with Gasteiger partial charge in [-0.3, -0.25) is 4.98 Å². The Bertz CT molecular complexity index is 1080. The number of alkyl halides is 3. The van der Waals surface area contributed by atoms with Gasteiger partial charge < -0.3 is 10.1 Å². The van der Waals surface area contributed by atoms with Gasteiger partial charge in [0.15, 0.2) is 5.65 Å². The maximum absolute atomic E-state index is 12.3. The van der Waals surface area contributed by atoms with E-state index in [4.69, 9.17) is 0 Å². The summed E-state index contributed by atoms with van der Waals surface area (Å²) in [4.78, 5) is 8.53. The van der Waals surface area contributed by atoms with Crippen LogP contribution in [0.4, 0.5) is 19.0 Å². The minimum Gasteiger partial charge on any atom is -0.406 e. The molecule has 3 aromatic heterocycles. The molecule has 0 aliphatic rings. The highest BCUT2D eigenvalue weighted by Crippen LogP contribution is 2.27. The van der Waals surface area contributed by atoms with Crippen LogP contribution in [0.2, 0.25) is 0 Å². The standard InChI is InChI=1S/C19H14F3N5O/c20-19(21,22)28-15-6-4-13(5-7-15)16-12-25-18-9-8-17(26-27(16)18)24-11-14-3-1-2-10-23-14/h1-10,12H,11H2,(H,24,26). The van der Waals surface area contributed by atoms with Crippen LogP contribution in [0.15, 0.2) is 67.0 Å². The molecule has 0 saturated heterocycles. The van der Waals surface area contributed by atoms with E-state index in [2.05, 4.69) is 25.1 Å². The van der Waals surface area contributed by atoms with E-state index >= 15 is 0 Å². The Morgan fingerprint density at radius 3 is 2.50 bits per heavy atom. The third-order valence-electron chi connectivity index (χ3n) is 3.92. The van der Waals surface area contributed by atoms with Gasteiger partial charge in [0.1, 0.15) is 11.6 Å². The van der Waals surface area contributed by atoms with Crippen LogP contribution in [-0.4, -0.2) is 25.9 Å². The third-order valence-corrected chi connectivity index (χ3v) is 3.92. The monoisotopic (exact) mass is 385 g/mol. The lowest BCUT2D eigenvalue weighted by Crippen LogP contribution is -2.16. The number of hydrogen-bond donors (Lipinski definition) is 1. The first-order valence-electron chi connectivity index (χ1n) is 8.33. The van der Waals surface area contributed by atoms with Crippen LogP contribution in [0.25, 0.3) is 16.9 Å². The Morgan fingerprint density at radius 1 is 0.964 bits per heavy atom. The predicted octanol–water partition coefficient (Wildman–Crippen LogP) is 4.30. The van der Waals surface area contributed by atoms with Crippen molar-refractivity contribution in [1.29, 1.82) is 0 Å². The maximum Gasteiger partial charge on any atom is 0.573 e. The Kier molecular flexibility index (Phi) is 4.56. The largest absolute Gasteiger partial charge is 0.573 e. The molecule has 142 valence electrons. The van der Waals surface area contributed by atoms with Crippen molar-refractivity contribution in [3.63, 3.8) is 0 Å². The molecule has 0 aliphatic carbocycles. The number of benzene rings is 1. The Hall–Kier alpha value is -3.62. The van der Waals surface area contributed by atoms with Crippen molar-refractivity contribution in [2.45, 2.75) is 12.9 Å². The summed E-state index contributed by atoms with van der Waals surface area (Å²) in [6.07, 6.45) is -1.39. The van der Waals surface area contributed by atoms with E-state index in [-0.39, 0.29) is 5.75 Å². The lowest BCUT2D eigenvalue weighted by Gasteiger charge is -2.09. The van der Waals surface area contributed by atoms with Crippen molar-refractivity contribution in [3.05, 3.63) is 72.7 Å². The second kappa shape index (κ2) is 7.18. The normalized spacial score (nSPS) is 11.5. The molecule has 0 saturated carbocycles. The molecule has 0 spiro atoms. The lowest BCUT2D eigenvalue weighted by atomic mass is 10.1. The van der Waals surface area contributed by atoms with Crippen molar-refractivity contribution in [2.75, 3.05) is 5.32 Å². The quantitative estimate of drug-likeness (QED) is 0.555. The number of imidazole rings is 1. The number of halogens is 3. The number of hydrogen-bond acceptors (Lipinski definition) is 5. The van der Waals surface area contributed by atoms with Crippen LogP contribution in [0.3, 0.4) is 0 Å². The molecule has 0 radical (unpaired) electrons. The predicted molar refractivity (Wildman–Crippen MR) is 96.7 cm³/mol. The molecule has 28 heavy (non-hydrogen) atoms. The molecule has 4 rings (SSSR count). The van der Waals surface area contributed by atoms with E-state index in [1.165, 1.54) is 24.3 Å². The number of nitrogens with zero attached hydrogens (tertiary/aromatic N) is 4. The first kappa shape index (κ1) is 17.8. The Balaban J connectivity index is 1.57. The second-order valence-electron chi connectivity index (χ2n) is 5.88. The molecule has 0 fully saturated rings. The van der Waals surface area contributed by atoms with E-state index in [0.29, 0.717) is 29.3 Å². The lowest BCUT2D eigenvalue weighted by molar-refractivity contribution is -0.274. The molecule has 4 aromatic rings. The van der Waals surface area contributed by atoms with Gasteiger partial charge in [-0.1, -0.05) is 6.07 Å². The summed E-state index contributed by atoms with van der Waals surface area (Å²) in [5, 5.41) is 7.70. The molecule has 0 bridgehead atoms. The molecule has 3 heterocycles. The number of nitrogens with one attached hydrogen (secondary N) is 1. The minimum atomic E-state index is -4.72. The molecule has 0 amide bonds. The van der Waals surface area contributed by atoms with Gasteiger partial charge in [0.2, 0.25) is 0 Å². The topological polar surface area (TPSA) is 64.3 Å². The Labute approximate surface area is 157 Å². The van der Waals surface area contributed by atoms with Crippen LogP contribution in [0, 0.1) is 0 Å². The molecular weight excluding hydrogens is 371 g/mol. The van der Waals surface area contributed by atoms with Crippen LogP contribution < -0.4 is 10.1 Å². The fourth-order valence-corrected chi connectivity index (χ4v) is 2.68. The highest BCUT2D eigenvalue weighted by atomic mass is 19.4. The minimum absolute atomic E-state index is 0.282. The van der Waals surface area contributed by atoms with E-state index < -0.39 is 6.36 Å². The van der Waals surface area contributed by atoms with Crippen molar-refractivity contribution < 1.29 is 17.9 Å². The maximum atomic E-state index is 12.3. The average molecular weight is 385 g/mol. The van der Waals surface area contributed by atoms with Gasteiger partial charge in [0.05, 0.1) is 24.1 Å². The van der Waals surface area contributed by atoms with Crippen molar-refractivity contribution in [1.82, 2.24) is 19.6 Å². The first-order chi connectivity index (χ1) is 13.5. The highest BCUT2D eigenvalue weighted by Gasteiger charge is 2.31. The van der Waals surface area contributed by atoms with Gasteiger partial charge in [-0.25, -0.2) is 9.50 Å². The number of fused-ring (bicyclic) bond motifs is 1. The number of ether oxygens (including phenoxy) is 1. The fourth-order valence-electron chi connectivity index (χ4n) is 2.68. The van der Waals surface area contributed by atoms with Crippen LogP contribution in [0.5, 0.6) is 5.75 Å². The highest BCUT2D eigenvalue weighted by molar-refractivity contribution is 5.64. The summed E-state index contributed by atoms with van der Waals surface area (Å²) in [7, 11) is 0. The van der Waals surface area contributed by atoms with Gasteiger partial charge in [0.25, 0.3) is 0 Å². The van der Waals surface area contributed by atoms with E-state index in [1.807, 2.05) is 18.2 Å². The molecule has 0 unspecified atom stereocenters. The van der Waals surface area contributed by atoms with Crippen molar-refractivity contribution in [3.8, 4) is 17.0 Å². The van der Waals surface area contributed by atoms with E-state index in [1.54, 1.807) is 29.0 Å². The summed E-state index contributed by atoms with van der Waals surface area (Å²) >= 11 is 0. The van der Waals surface area contributed by atoms with E-state index in [0.717, 1.165) is 5.69 Å². The van der Waals surface area contributed by atoms with Crippen molar-refractivity contribution >= 4 is 11.5 Å². The van der Waals surface area contributed by atoms with Crippen LogP contribution in [0.1, 0.15) is 5.69 Å². The molecule has 0 atom stereocenters. The molecule has 6 nitrogen and oxygen atoms in total. The molecule has 1 N–H and O–H groups in total. The zero-order chi connectivity index (χ0) is 19.6. The van der Waals surface area contributed by atoms with Crippen LogP contribution >= 0.6 is 0 Å². The van der Waals surface area contributed by atoms with Gasteiger partial charge in [0, 0.05) is 11.8 Å². The summed E-state index contributed by atoms with van der Waals surface area (Å²) in [6, 6.07) is 14.8. The summed E-state index contributed by atoms with van der Waals surface area (Å²) in [6.45, 7) is 0.507. The zero-order valence-corrected chi connectivity index (χ0v) is 14.4. The van der Waals surface area contributed by atoms with E-state index in [9.17, 15) is 13.2 Å². The summed E-state index contributed by atoms with van der Waals surface area (Å²) < 4.78 is 42.4. The summed E-state index contributed by atoms with van der Waals surface area (Å²) in [5.41, 5.74) is 2.80. The summed E-state index contributed by atoms with van der Waals surface area (Å²) in [5.74, 6) is 0.338. The van der Waals surface area contributed by atoms with Gasteiger partial charge in [-0.05, 0) is 48.5 Å². The number of pyridine rings is 1. The first-order valence-corrected chi connectivity index (χ1v) is 8.33. The van der Waals surface area contributed by atoms with Crippen molar-refractivity contribution in [2.24, 2.45) is 0 Å².